The fraction of sp³-hybridized carbons (Fsp3) is 1.00. The Hall–Kier alpha value is -0.0800. The second-order valence-electron chi connectivity index (χ2n) is 7.13. The summed E-state index contributed by atoms with van der Waals surface area (Å²) in [6.07, 6.45) is 14.3. The summed E-state index contributed by atoms with van der Waals surface area (Å²) in [6.45, 7) is 3.64. The maximum absolute atomic E-state index is 4.11. The molecule has 0 aromatic carbocycles. The first-order chi connectivity index (χ1) is 9.38. The molecule has 3 aliphatic rings. The smallest absolute Gasteiger partial charge is 0.0113 e. The molecule has 3 rings (SSSR count). The van der Waals surface area contributed by atoms with Crippen molar-refractivity contribution in [2.24, 2.45) is 11.8 Å². The van der Waals surface area contributed by atoms with Gasteiger partial charge in [-0.1, -0.05) is 32.6 Å². The van der Waals surface area contributed by atoms with Crippen LogP contribution in [-0.2, 0) is 0 Å². The molecule has 5 atom stereocenters. The summed E-state index contributed by atoms with van der Waals surface area (Å²) in [5.41, 5.74) is 0. The highest BCUT2D eigenvalue weighted by Gasteiger charge is 2.37. The Morgan fingerprint density at radius 2 is 1.74 bits per heavy atom. The fourth-order valence-electron chi connectivity index (χ4n) is 4.94. The van der Waals surface area contributed by atoms with Crippen molar-refractivity contribution in [3.63, 3.8) is 0 Å². The molecule has 1 aliphatic heterocycles. The minimum Gasteiger partial charge on any atom is -0.314 e. The third kappa shape index (κ3) is 3.16. The lowest BCUT2D eigenvalue weighted by Gasteiger charge is -2.36. The fourth-order valence-corrected chi connectivity index (χ4v) is 4.94. The van der Waals surface area contributed by atoms with E-state index in [4.69, 9.17) is 0 Å². The van der Waals surface area contributed by atoms with Crippen LogP contribution in [0.1, 0.15) is 71.1 Å². The van der Waals surface area contributed by atoms with E-state index >= 15 is 0 Å². The summed E-state index contributed by atoms with van der Waals surface area (Å²) >= 11 is 0. The van der Waals surface area contributed by atoms with Gasteiger partial charge >= 0.3 is 0 Å². The molecule has 2 heteroatoms. The Morgan fingerprint density at radius 3 is 2.53 bits per heavy atom. The maximum atomic E-state index is 4.11. The third-order valence-corrected chi connectivity index (χ3v) is 6.05. The van der Waals surface area contributed by atoms with Gasteiger partial charge in [0.25, 0.3) is 0 Å². The highest BCUT2D eigenvalue weighted by Crippen LogP contribution is 2.34. The molecule has 3 fully saturated rings. The van der Waals surface area contributed by atoms with E-state index in [0.717, 1.165) is 30.0 Å². The van der Waals surface area contributed by atoms with Gasteiger partial charge in [0.15, 0.2) is 0 Å². The summed E-state index contributed by atoms with van der Waals surface area (Å²) in [4.78, 5) is 0. The molecular formula is C17H32N2. The van der Waals surface area contributed by atoms with Crippen LogP contribution in [0.3, 0.4) is 0 Å². The van der Waals surface area contributed by atoms with E-state index in [1.165, 1.54) is 70.8 Å². The van der Waals surface area contributed by atoms with Crippen molar-refractivity contribution in [1.82, 2.24) is 10.6 Å². The zero-order valence-corrected chi connectivity index (χ0v) is 12.7. The molecule has 0 spiro atoms. The van der Waals surface area contributed by atoms with E-state index < -0.39 is 0 Å². The van der Waals surface area contributed by atoms with E-state index in [2.05, 4.69) is 17.6 Å². The van der Waals surface area contributed by atoms with Crippen molar-refractivity contribution in [1.29, 1.82) is 0 Å². The Labute approximate surface area is 119 Å². The molecule has 5 unspecified atom stereocenters. The second kappa shape index (κ2) is 6.58. The van der Waals surface area contributed by atoms with Crippen LogP contribution in [0.25, 0.3) is 0 Å². The zero-order chi connectivity index (χ0) is 13.1. The summed E-state index contributed by atoms with van der Waals surface area (Å²) in [5.74, 6) is 1.87. The van der Waals surface area contributed by atoms with Crippen LogP contribution in [0.4, 0.5) is 0 Å². The molecule has 0 amide bonds. The zero-order valence-electron chi connectivity index (χ0n) is 12.7. The molecule has 0 bridgehead atoms. The van der Waals surface area contributed by atoms with E-state index in [-0.39, 0.29) is 0 Å². The third-order valence-electron chi connectivity index (χ3n) is 6.05. The Morgan fingerprint density at radius 1 is 0.895 bits per heavy atom. The van der Waals surface area contributed by atoms with Gasteiger partial charge in [0.2, 0.25) is 0 Å². The standard InChI is InChI=1S/C17H32N2/c1-2-13-7-3-4-9-15(13)19-17-10-5-8-14(17)16-11-6-12-18-16/h13-19H,2-12H2,1H3. The van der Waals surface area contributed by atoms with Gasteiger partial charge in [-0.05, 0) is 56.9 Å². The van der Waals surface area contributed by atoms with Gasteiger partial charge in [-0.15, -0.1) is 0 Å². The number of hydrogen-bond donors (Lipinski definition) is 2. The molecule has 1 saturated heterocycles. The van der Waals surface area contributed by atoms with Crippen LogP contribution in [-0.4, -0.2) is 24.7 Å². The summed E-state index contributed by atoms with van der Waals surface area (Å²) in [6, 6.07) is 2.46. The number of nitrogens with one attached hydrogen (secondary N) is 2. The van der Waals surface area contributed by atoms with Crippen molar-refractivity contribution in [3.05, 3.63) is 0 Å². The van der Waals surface area contributed by atoms with Crippen molar-refractivity contribution in [2.45, 2.75) is 89.3 Å². The van der Waals surface area contributed by atoms with Crippen molar-refractivity contribution >= 4 is 0 Å². The van der Waals surface area contributed by atoms with Gasteiger partial charge in [-0.3, -0.25) is 0 Å². The molecule has 0 aromatic rings. The summed E-state index contributed by atoms with van der Waals surface area (Å²) in [5, 5.41) is 7.86. The molecule has 0 aromatic heterocycles. The summed E-state index contributed by atoms with van der Waals surface area (Å²) in [7, 11) is 0. The van der Waals surface area contributed by atoms with Crippen LogP contribution in [0.15, 0.2) is 0 Å². The first kappa shape index (κ1) is 13.9. The van der Waals surface area contributed by atoms with E-state index in [0.29, 0.717) is 0 Å². The van der Waals surface area contributed by atoms with Crippen molar-refractivity contribution in [3.8, 4) is 0 Å². The molecule has 1 heterocycles. The average Bonchev–Trinajstić information content (AvgIpc) is 3.09. The lowest BCUT2D eigenvalue weighted by molar-refractivity contribution is 0.208. The van der Waals surface area contributed by atoms with Gasteiger partial charge in [-0.25, -0.2) is 0 Å². The predicted octanol–water partition coefficient (Wildman–Crippen LogP) is 3.47. The second-order valence-corrected chi connectivity index (χ2v) is 7.13. The van der Waals surface area contributed by atoms with Gasteiger partial charge in [0.05, 0.1) is 0 Å². The van der Waals surface area contributed by atoms with Crippen LogP contribution in [0.5, 0.6) is 0 Å². The Kier molecular flexibility index (Phi) is 4.81. The molecule has 110 valence electrons. The van der Waals surface area contributed by atoms with Crippen molar-refractivity contribution < 1.29 is 0 Å². The molecule has 2 N–H and O–H groups in total. The monoisotopic (exact) mass is 264 g/mol. The first-order valence-corrected chi connectivity index (χ1v) is 8.88. The quantitative estimate of drug-likeness (QED) is 0.812. The minimum atomic E-state index is 0.813. The number of hydrogen-bond acceptors (Lipinski definition) is 2. The summed E-state index contributed by atoms with van der Waals surface area (Å²) < 4.78 is 0. The molecular weight excluding hydrogens is 232 g/mol. The highest BCUT2D eigenvalue weighted by molar-refractivity contribution is 4.95. The van der Waals surface area contributed by atoms with Gasteiger partial charge in [0, 0.05) is 18.1 Å². The van der Waals surface area contributed by atoms with Crippen molar-refractivity contribution in [2.75, 3.05) is 6.54 Å². The van der Waals surface area contributed by atoms with Crippen LogP contribution in [0, 0.1) is 11.8 Å². The van der Waals surface area contributed by atoms with E-state index in [9.17, 15) is 0 Å². The molecule has 0 radical (unpaired) electrons. The van der Waals surface area contributed by atoms with Gasteiger partial charge in [0.1, 0.15) is 0 Å². The average molecular weight is 264 g/mol. The van der Waals surface area contributed by atoms with Gasteiger partial charge < -0.3 is 10.6 Å². The topological polar surface area (TPSA) is 24.1 Å². The largest absolute Gasteiger partial charge is 0.314 e. The molecule has 2 aliphatic carbocycles. The first-order valence-electron chi connectivity index (χ1n) is 8.88. The number of rotatable bonds is 4. The molecule has 2 nitrogen and oxygen atoms in total. The predicted molar refractivity (Wildman–Crippen MR) is 81.3 cm³/mol. The maximum Gasteiger partial charge on any atom is 0.0113 e. The minimum absolute atomic E-state index is 0.813. The molecule has 2 saturated carbocycles. The van der Waals surface area contributed by atoms with Gasteiger partial charge in [-0.2, -0.15) is 0 Å². The lowest BCUT2D eigenvalue weighted by Crippen LogP contribution is -2.49. The Bertz CT molecular complexity index is 272. The molecule has 19 heavy (non-hydrogen) atoms. The van der Waals surface area contributed by atoms with Crippen LogP contribution < -0.4 is 10.6 Å². The highest BCUT2D eigenvalue weighted by atomic mass is 15.0. The van der Waals surface area contributed by atoms with Crippen LogP contribution in [0.2, 0.25) is 0 Å². The van der Waals surface area contributed by atoms with E-state index in [1.807, 2.05) is 0 Å². The SMILES string of the molecule is CCC1CCCCC1NC1CCCC1C1CCCN1. The Balaban J connectivity index is 1.57. The lowest BCUT2D eigenvalue weighted by atomic mass is 9.81. The van der Waals surface area contributed by atoms with Crippen LogP contribution >= 0.6 is 0 Å². The normalized spacial score (nSPS) is 43.7. The van der Waals surface area contributed by atoms with E-state index in [1.54, 1.807) is 0 Å².